The highest BCUT2D eigenvalue weighted by atomic mass is 19.1. The lowest BCUT2D eigenvalue weighted by Crippen LogP contribution is -2.44. The standard InChI is InChI=1S/C14H23FN2O/c1-9-6-10(8-11(15)7-9)12(17-16)13(18-5)14(2,3)4/h6-8,12-13,17H,16H2,1-5H3. The number of aryl methyl sites for hydroxylation is 1. The molecule has 0 heterocycles. The Morgan fingerprint density at radius 3 is 2.28 bits per heavy atom. The molecule has 1 rings (SSSR count). The highest BCUT2D eigenvalue weighted by molar-refractivity contribution is 5.27. The summed E-state index contributed by atoms with van der Waals surface area (Å²) in [4.78, 5) is 0. The van der Waals surface area contributed by atoms with Gasteiger partial charge in [0.15, 0.2) is 0 Å². The smallest absolute Gasteiger partial charge is 0.123 e. The van der Waals surface area contributed by atoms with Crippen LogP contribution in [0.3, 0.4) is 0 Å². The van der Waals surface area contributed by atoms with E-state index in [1.54, 1.807) is 7.11 Å². The van der Waals surface area contributed by atoms with Gasteiger partial charge in [-0.25, -0.2) is 4.39 Å². The van der Waals surface area contributed by atoms with Crippen LogP contribution in [0.1, 0.15) is 37.9 Å². The van der Waals surface area contributed by atoms with Crippen molar-refractivity contribution >= 4 is 0 Å². The van der Waals surface area contributed by atoms with Crippen molar-refractivity contribution in [1.29, 1.82) is 0 Å². The summed E-state index contributed by atoms with van der Waals surface area (Å²) in [6, 6.07) is 4.67. The third-order valence-corrected chi connectivity index (χ3v) is 3.01. The summed E-state index contributed by atoms with van der Waals surface area (Å²) in [5.74, 6) is 5.37. The van der Waals surface area contributed by atoms with Gasteiger partial charge in [0, 0.05) is 7.11 Å². The van der Waals surface area contributed by atoms with Gasteiger partial charge >= 0.3 is 0 Å². The molecule has 1 aromatic rings. The van der Waals surface area contributed by atoms with Crippen molar-refractivity contribution < 1.29 is 9.13 Å². The number of halogens is 1. The Kier molecular flexibility index (Phi) is 4.85. The van der Waals surface area contributed by atoms with Crippen LogP contribution in [0, 0.1) is 18.2 Å². The van der Waals surface area contributed by atoms with Gasteiger partial charge in [-0.1, -0.05) is 26.8 Å². The Balaban J connectivity index is 3.15. The topological polar surface area (TPSA) is 47.3 Å². The van der Waals surface area contributed by atoms with Gasteiger partial charge in [0.1, 0.15) is 5.82 Å². The number of rotatable bonds is 4. The molecule has 0 radical (unpaired) electrons. The van der Waals surface area contributed by atoms with Gasteiger partial charge in [0.2, 0.25) is 0 Å². The molecule has 0 aliphatic rings. The van der Waals surface area contributed by atoms with Gasteiger partial charge in [-0.2, -0.15) is 0 Å². The third-order valence-electron chi connectivity index (χ3n) is 3.01. The predicted octanol–water partition coefficient (Wildman–Crippen LogP) is 2.70. The minimum absolute atomic E-state index is 0.105. The molecule has 0 saturated carbocycles. The molecule has 0 spiro atoms. The highest BCUT2D eigenvalue weighted by Gasteiger charge is 2.33. The van der Waals surface area contributed by atoms with Crippen molar-refractivity contribution in [2.45, 2.75) is 39.8 Å². The van der Waals surface area contributed by atoms with Crippen molar-refractivity contribution in [2.24, 2.45) is 11.3 Å². The molecule has 0 bridgehead atoms. The predicted molar refractivity (Wildman–Crippen MR) is 71.5 cm³/mol. The van der Waals surface area contributed by atoms with Gasteiger partial charge < -0.3 is 4.74 Å². The van der Waals surface area contributed by atoms with Crippen LogP contribution in [0.15, 0.2) is 18.2 Å². The largest absolute Gasteiger partial charge is 0.379 e. The second-order valence-corrected chi connectivity index (χ2v) is 5.73. The fourth-order valence-corrected chi connectivity index (χ4v) is 2.29. The number of methoxy groups -OCH3 is 1. The van der Waals surface area contributed by atoms with E-state index in [0.29, 0.717) is 0 Å². The minimum Gasteiger partial charge on any atom is -0.379 e. The highest BCUT2D eigenvalue weighted by Crippen LogP contribution is 2.32. The maximum atomic E-state index is 13.5. The SMILES string of the molecule is COC(C(NN)c1cc(C)cc(F)c1)C(C)(C)C. The summed E-state index contributed by atoms with van der Waals surface area (Å²) < 4.78 is 19.0. The van der Waals surface area contributed by atoms with Gasteiger partial charge in [-0.05, 0) is 35.6 Å². The maximum Gasteiger partial charge on any atom is 0.123 e. The maximum absolute atomic E-state index is 13.5. The second-order valence-electron chi connectivity index (χ2n) is 5.73. The van der Waals surface area contributed by atoms with E-state index in [0.717, 1.165) is 11.1 Å². The van der Waals surface area contributed by atoms with Crippen molar-refractivity contribution in [1.82, 2.24) is 5.43 Å². The van der Waals surface area contributed by atoms with Gasteiger partial charge in [-0.15, -0.1) is 0 Å². The number of ether oxygens (including phenoxy) is 1. The van der Waals surface area contributed by atoms with Gasteiger partial charge in [0.25, 0.3) is 0 Å². The number of hydrogen-bond acceptors (Lipinski definition) is 3. The van der Waals surface area contributed by atoms with Crippen LogP contribution in [0.2, 0.25) is 0 Å². The normalized spacial score (nSPS) is 15.5. The van der Waals surface area contributed by atoms with E-state index >= 15 is 0 Å². The van der Waals surface area contributed by atoms with Crippen LogP contribution in [-0.2, 0) is 4.74 Å². The molecule has 0 aromatic heterocycles. The molecular weight excluding hydrogens is 231 g/mol. The number of benzene rings is 1. The van der Waals surface area contributed by atoms with Crippen LogP contribution < -0.4 is 11.3 Å². The van der Waals surface area contributed by atoms with Crippen LogP contribution in [0.5, 0.6) is 0 Å². The van der Waals surface area contributed by atoms with E-state index in [4.69, 9.17) is 10.6 Å². The Labute approximate surface area is 108 Å². The first-order valence-electron chi connectivity index (χ1n) is 6.05. The molecule has 102 valence electrons. The Morgan fingerprint density at radius 1 is 1.28 bits per heavy atom. The van der Waals surface area contributed by atoms with E-state index in [1.165, 1.54) is 12.1 Å². The van der Waals surface area contributed by atoms with E-state index in [9.17, 15) is 4.39 Å². The van der Waals surface area contributed by atoms with Crippen LogP contribution >= 0.6 is 0 Å². The lowest BCUT2D eigenvalue weighted by atomic mass is 9.82. The average Bonchev–Trinajstić information content (AvgIpc) is 2.22. The monoisotopic (exact) mass is 254 g/mol. The van der Waals surface area contributed by atoms with Gasteiger partial charge in [-0.3, -0.25) is 11.3 Å². The zero-order chi connectivity index (χ0) is 13.9. The number of nitrogens with one attached hydrogen (secondary N) is 1. The van der Waals surface area contributed by atoms with Crippen molar-refractivity contribution in [2.75, 3.05) is 7.11 Å². The first-order valence-corrected chi connectivity index (χ1v) is 6.05. The summed E-state index contributed by atoms with van der Waals surface area (Å²) in [6.07, 6.45) is -0.149. The molecule has 3 nitrogen and oxygen atoms in total. The van der Waals surface area contributed by atoms with E-state index in [1.807, 2.05) is 13.0 Å². The molecule has 2 unspecified atom stereocenters. The average molecular weight is 254 g/mol. The Bertz CT molecular complexity index is 381. The molecule has 0 aliphatic carbocycles. The summed E-state index contributed by atoms with van der Waals surface area (Å²) in [7, 11) is 1.65. The first kappa shape index (κ1) is 15.1. The zero-order valence-electron chi connectivity index (χ0n) is 11.8. The summed E-state index contributed by atoms with van der Waals surface area (Å²) in [5, 5.41) is 0. The molecule has 3 N–H and O–H groups in total. The zero-order valence-corrected chi connectivity index (χ0v) is 11.8. The van der Waals surface area contributed by atoms with Crippen LogP contribution in [-0.4, -0.2) is 13.2 Å². The van der Waals surface area contributed by atoms with E-state index in [-0.39, 0.29) is 23.4 Å². The molecule has 18 heavy (non-hydrogen) atoms. The van der Waals surface area contributed by atoms with Crippen molar-refractivity contribution in [3.8, 4) is 0 Å². The fourth-order valence-electron chi connectivity index (χ4n) is 2.29. The Morgan fingerprint density at radius 2 is 1.89 bits per heavy atom. The van der Waals surface area contributed by atoms with Crippen LogP contribution in [0.25, 0.3) is 0 Å². The van der Waals surface area contributed by atoms with E-state index in [2.05, 4.69) is 26.2 Å². The van der Waals surface area contributed by atoms with Gasteiger partial charge in [0.05, 0.1) is 12.1 Å². The lowest BCUT2D eigenvalue weighted by molar-refractivity contribution is -0.0121. The molecule has 0 fully saturated rings. The molecule has 2 atom stereocenters. The molecule has 0 aliphatic heterocycles. The Hall–Kier alpha value is -0.970. The molecule has 0 amide bonds. The summed E-state index contributed by atoms with van der Waals surface area (Å²) in [5.41, 5.74) is 4.31. The molecule has 1 aromatic carbocycles. The number of nitrogens with two attached hydrogens (primary N) is 1. The van der Waals surface area contributed by atoms with E-state index < -0.39 is 0 Å². The molecule has 4 heteroatoms. The van der Waals surface area contributed by atoms with Crippen molar-refractivity contribution in [3.63, 3.8) is 0 Å². The molecule has 0 saturated heterocycles. The fraction of sp³-hybridized carbons (Fsp3) is 0.571. The van der Waals surface area contributed by atoms with Crippen LogP contribution in [0.4, 0.5) is 4.39 Å². The number of hydrazine groups is 1. The first-order chi connectivity index (χ1) is 8.29. The summed E-state index contributed by atoms with van der Waals surface area (Å²) in [6.45, 7) is 8.06. The number of hydrogen-bond donors (Lipinski definition) is 2. The summed E-state index contributed by atoms with van der Waals surface area (Å²) >= 11 is 0. The van der Waals surface area contributed by atoms with Crippen molar-refractivity contribution in [3.05, 3.63) is 35.1 Å². The molecular formula is C14H23FN2O. The quantitative estimate of drug-likeness (QED) is 0.641. The second kappa shape index (κ2) is 5.78. The third kappa shape index (κ3) is 3.51. The lowest BCUT2D eigenvalue weighted by Gasteiger charge is -2.36. The minimum atomic E-state index is -0.256.